The molecule has 0 spiro atoms. The van der Waals surface area contributed by atoms with Gasteiger partial charge in [0.05, 0.1) is 12.7 Å². The average molecular weight is 188 g/mol. The first-order valence-corrected chi connectivity index (χ1v) is 5.15. The van der Waals surface area contributed by atoms with Crippen LogP contribution in [0.15, 0.2) is 0 Å². The lowest BCUT2D eigenvalue weighted by atomic mass is 10.1. The first kappa shape index (κ1) is 11.0. The molecule has 1 unspecified atom stereocenters. The van der Waals surface area contributed by atoms with Crippen LogP contribution in [0.3, 0.4) is 0 Å². The second-order valence-electron chi connectivity index (χ2n) is 3.79. The van der Waals surface area contributed by atoms with Gasteiger partial charge >= 0.3 is 0 Å². The second-order valence-corrected chi connectivity index (χ2v) is 3.79. The number of hydrogen-bond acceptors (Lipinski definition) is 3. The highest BCUT2D eigenvalue weighted by Gasteiger charge is 2.30. The van der Waals surface area contributed by atoms with Crippen LogP contribution in [-0.2, 0) is 9.47 Å². The minimum atomic E-state index is -0.584. The molecule has 1 N–H and O–H groups in total. The molecule has 0 radical (unpaired) electrons. The van der Waals surface area contributed by atoms with E-state index >= 15 is 0 Å². The van der Waals surface area contributed by atoms with Gasteiger partial charge in [-0.2, -0.15) is 0 Å². The summed E-state index contributed by atoms with van der Waals surface area (Å²) in [6.07, 6.45) is 2.68. The highest BCUT2D eigenvalue weighted by molar-refractivity contribution is 4.72. The van der Waals surface area contributed by atoms with Crippen molar-refractivity contribution in [3.05, 3.63) is 0 Å². The van der Waals surface area contributed by atoms with Gasteiger partial charge in [0.25, 0.3) is 0 Å². The molecule has 0 aromatic rings. The number of aliphatic hydroxyl groups excluding tert-OH is 1. The number of ether oxygens (including phenoxy) is 2. The third-order valence-corrected chi connectivity index (χ3v) is 2.40. The van der Waals surface area contributed by atoms with E-state index in [2.05, 4.69) is 6.92 Å². The zero-order chi connectivity index (χ0) is 9.68. The van der Waals surface area contributed by atoms with Crippen LogP contribution in [0.1, 0.15) is 33.1 Å². The lowest BCUT2D eigenvalue weighted by Crippen LogP contribution is -2.17. The van der Waals surface area contributed by atoms with E-state index in [0.717, 1.165) is 25.9 Å². The fourth-order valence-corrected chi connectivity index (χ4v) is 1.49. The van der Waals surface area contributed by atoms with Gasteiger partial charge in [0.2, 0.25) is 0 Å². The molecule has 0 bridgehead atoms. The summed E-state index contributed by atoms with van der Waals surface area (Å²) >= 11 is 0. The standard InChI is InChI=1S/C10H20O3/c1-3-4-5-12-7-9-6-8(2)10(11)13-9/h8-11H,3-7H2,1-2H3/t8-,9+,10?/m1/s1. The SMILES string of the molecule is CCCCOC[C@@H]1C[C@@H](C)C(O)O1. The molecule has 13 heavy (non-hydrogen) atoms. The molecule has 3 heteroatoms. The summed E-state index contributed by atoms with van der Waals surface area (Å²) in [5, 5.41) is 9.29. The number of aliphatic hydroxyl groups is 1. The fraction of sp³-hybridized carbons (Fsp3) is 1.00. The Labute approximate surface area is 80.0 Å². The maximum atomic E-state index is 9.29. The normalized spacial score (nSPS) is 33.9. The lowest BCUT2D eigenvalue weighted by molar-refractivity contribution is -0.120. The molecule has 0 saturated carbocycles. The highest BCUT2D eigenvalue weighted by Crippen LogP contribution is 2.24. The summed E-state index contributed by atoms with van der Waals surface area (Å²) in [6.45, 7) is 5.57. The van der Waals surface area contributed by atoms with Gasteiger partial charge in [-0.1, -0.05) is 20.3 Å². The van der Waals surface area contributed by atoms with Crippen LogP contribution in [-0.4, -0.2) is 30.7 Å². The largest absolute Gasteiger partial charge is 0.379 e. The van der Waals surface area contributed by atoms with Crippen LogP contribution in [0.25, 0.3) is 0 Å². The lowest BCUT2D eigenvalue weighted by Gasteiger charge is -2.10. The van der Waals surface area contributed by atoms with Gasteiger partial charge in [0, 0.05) is 12.5 Å². The van der Waals surface area contributed by atoms with Crippen molar-refractivity contribution in [2.24, 2.45) is 5.92 Å². The third-order valence-electron chi connectivity index (χ3n) is 2.40. The zero-order valence-corrected chi connectivity index (χ0v) is 8.53. The van der Waals surface area contributed by atoms with E-state index < -0.39 is 6.29 Å². The van der Waals surface area contributed by atoms with Gasteiger partial charge < -0.3 is 14.6 Å². The molecule has 3 nitrogen and oxygen atoms in total. The Balaban J connectivity index is 2.03. The van der Waals surface area contributed by atoms with Crippen LogP contribution in [0.5, 0.6) is 0 Å². The van der Waals surface area contributed by atoms with Crippen LogP contribution < -0.4 is 0 Å². The van der Waals surface area contributed by atoms with Gasteiger partial charge in [0.1, 0.15) is 0 Å². The monoisotopic (exact) mass is 188 g/mol. The summed E-state index contributed by atoms with van der Waals surface area (Å²) < 4.78 is 10.7. The van der Waals surface area contributed by atoms with Crippen molar-refractivity contribution in [1.29, 1.82) is 0 Å². The molecule has 1 aliphatic heterocycles. The predicted octanol–water partition coefficient (Wildman–Crippen LogP) is 1.55. The Bertz CT molecular complexity index is 128. The molecule has 0 aromatic heterocycles. The van der Waals surface area contributed by atoms with Crippen molar-refractivity contribution < 1.29 is 14.6 Å². The van der Waals surface area contributed by atoms with Crippen LogP contribution >= 0.6 is 0 Å². The van der Waals surface area contributed by atoms with Crippen LogP contribution in [0, 0.1) is 5.92 Å². The molecule has 1 aliphatic rings. The first-order valence-electron chi connectivity index (χ1n) is 5.15. The Hall–Kier alpha value is -0.120. The molecular weight excluding hydrogens is 168 g/mol. The zero-order valence-electron chi connectivity index (χ0n) is 8.53. The molecule has 0 aliphatic carbocycles. The summed E-state index contributed by atoms with van der Waals surface area (Å²) in [6, 6.07) is 0. The van der Waals surface area contributed by atoms with Gasteiger partial charge in [-0.05, 0) is 12.8 Å². The molecule has 1 rings (SSSR count). The summed E-state index contributed by atoms with van der Waals surface area (Å²) in [7, 11) is 0. The van der Waals surface area contributed by atoms with Crippen molar-refractivity contribution in [1.82, 2.24) is 0 Å². The second kappa shape index (κ2) is 5.58. The smallest absolute Gasteiger partial charge is 0.157 e. The highest BCUT2D eigenvalue weighted by atomic mass is 16.6. The van der Waals surface area contributed by atoms with Crippen molar-refractivity contribution in [2.75, 3.05) is 13.2 Å². The molecule has 1 heterocycles. The molecule has 1 fully saturated rings. The quantitative estimate of drug-likeness (QED) is 0.665. The Morgan fingerprint density at radius 1 is 1.54 bits per heavy atom. The van der Waals surface area contributed by atoms with Crippen LogP contribution in [0.2, 0.25) is 0 Å². The van der Waals surface area contributed by atoms with Gasteiger partial charge in [-0.25, -0.2) is 0 Å². The summed E-state index contributed by atoms with van der Waals surface area (Å²) in [5.74, 6) is 0.250. The topological polar surface area (TPSA) is 38.7 Å². The Morgan fingerprint density at radius 2 is 2.31 bits per heavy atom. The van der Waals surface area contributed by atoms with Gasteiger partial charge in [0.15, 0.2) is 6.29 Å². The van der Waals surface area contributed by atoms with Crippen molar-refractivity contribution in [3.63, 3.8) is 0 Å². The third kappa shape index (κ3) is 3.63. The molecule has 78 valence electrons. The maximum Gasteiger partial charge on any atom is 0.157 e. The van der Waals surface area contributed by atoms with E-state index in [9.17, 15) is 5.11 Å². The van der Waals surface area contributed by atoms with Crippen molar-refractivity contribution in [2.45, 2.75) is 45.5 Å². The van der Waals surface area contributed by atoms with E-state index in [1.165, 1.54) is 0 Å². The molecule has 3 atom stereocenters. The van der Waals surface area contributed by atoms with Crippen molar-refractivity contribution >= 4 is 0 Å². The molecule has 0 aromatic carbocycles. The number of rotatable bonds is 5. The maximum absolute atomic E-state index is 9.29. The van der Waals surface area contributed by atoms with Crippen molar-refractivity contribution in [3.8, 4) is 0 Å². The average Bonchev–Trinajstić information content (AvgIpc) is 2.41. The molecule has 0 amide bonds. The van der Waals surface area contributed by atoms with Gasteiger partial charge in [-0.15, -0.1) is 0 Å². The minimum Gasteiger partial charge on any atom is -0.379 e. The predicted molar refractivity (Wildman–Crippen MR) is 50.4 cm³/mol. The van der Waals surface area contributed by atoms with Crippen LogP contribution in [0.4, 0.5) is 0 Å². The molecular formula is C10H20O3. The number of hydrogen-bond donors (Lipinski definition) is 1. The first-order chi connectivity index (χ1) is 6.24. The van der Waals surface area contributed by atoms with Gasteiger partial charge in [-0.3, -0.25) is 0 Å². The molecule has 1 saturated heterocycles. The van der Waals surface area contributed by atoms with E-state index in [-0.39, 0.29) is 12.0 Å². The number of unbranched alkanes of at least 4 members (excludes halogenated alkanes) is 1. The Kier molecular flexibility index (Phi) is 4.70. The van der Waals surface area contributed by atoms with E-state index in [0.29, 0.717) is 6.61 Å². The fourth-order valence-electron chi connectivity index (χ4n) is 1.49. The van der Waals surface area contributed by atoms with E-state index in [4.69, 9.17) is 9.47 Å². The van der Waals surface area contributed by atoms with E-state index in [1.54, 1.807) is 0 Å². The minimum absolute atomic E-state index is 0.0989. The summed E-state index contributed by atoms with van der Waals surface area (Å²) in [5.41, 5.74) is 0. The van der Waals surface area contributed by atoms with E-state index in [1.807, 2.05) is 6.92 Å². The summed E-state index contributed by atoms with van der Waals surface area (Å²) in [4.78, 5) is 0. The Morgan fingerprint density at radius 3 is 2.85 bits per heavy atom.